The minimum absolute atomic E-state index is 0.0500. The maximum atomic E-state index is 11.7. The van der Waals surface area contributed by atoms with E-state index in [4.69, 9.17) is 10.8 Å². The topological polar surface area (TPSA) is 139 Å². The van der Waals surface area contributed by atoms with E-state index in [0.717, 1.165) is 0 Å². The van der Waals surface area contributed by atoms with Gasteiger partial charge in [-0.25, -0.2) is 9.59 Å². The van der Waals surface area contributed by atoms with Gasteiger partial charge in [-0.05, 0) is 19.4 Å². The summed E-state index contributed by atoms with van der Waals surface area (Å²) in [4.78, 5) is 33.3. The quantitative estimate of drug-likeness (QED) is 0.502. The zero-order valence-electron chi connectivity index (χ0n) is 11.7. The lowest BCUT2D eigenvalue weighted by atomic mass is 10.1. The molecule has 0 fully saturated rings. The zero-order valence-corrected chi connectivity index (χ0v) is 11.7. The van der Waals surface area contributed by atoms with Crippen molar-refractivity contribution in [1.82, 2.24) is 20.4 Å². The number of urea groups is 1. The van der Waals surface area contributed by atoms with Crippen molar-refractivity contribution in [1.29, 1.82) is 0 Å². The third-order valence-electron chi connectivity index (χ3n) is 2.68. The number of nitrogens with one attached hydrogen (secondary N) is 2. The number of amides is 3. The van der Waals surface area contributed by atoms with Crippen LogP contribution in [0.15, 0.2) is 18.5 Å². The van der Waals surface area contributed by atoms with Gasteiger partial charge in [-0.2, -0.15) is 5.10 Å². The second-order valence-electron chi connectivity index (χ2n) is 4.64. The number of hydrogen-bond acceptors (Lipinski definition) is 4. The van der Waals surface area contributed by atoms with Gasteiger partial charge in [-0.3, -0.25) is 9.48 Å². The van der Waals surface area contributed by atoms with Gasteiger partial charge >= 0.3 is 12.0 Å². The molecule has 9 heteroatoms. The average molecular weight is 297 g/mol. The fourth-order valence-electron chi connectivity index (χ4n) is 1.70. The van der Waals surface area contributed by atoms with Crippen LogP contribution >= 0.6 is 0 Å². The number of hydrogen-bond donors (Lipinski definition) is 4. The molecule has 0 aromatic carbocycles. The van der Waals surface area contributed by atoms with E-state index in [2.05, 4.69) is 15.7 Å². The molecule has 0 aliphatic rings. The molecule has 0 aliphatic carbocycles. The lowest BCUT2D eigenvalue weighted by Gasteiger charge is -2.18. The van der Waals surface area contributed by atoms with Crippen molar-refractivity contribution in [2.75, 3.05) is 0 Å². The first-order valence-corrected chi connectivity index (χ1v) is 6.44. The molecule has 0 aliphatic heterocycles. The second-order valence-corrected chi connectivity index (χ2v) is 4.64. The predicted octanol–water partition coefficient (Wildman–Crippen LogP) is -0.710. The maximum absolute atomic E-state index is 11.7. The molecule has 0 radical (unpaired) electrons. The van der Waals surface area contributed by atoms with Gasteiger partial charge < -0.3 is 21.5 Å². The number of nitrogens with two attached hydrogens (primary N) is 1. The van der Waals surface area contributed by atoms with Gasteiger partial charge in [0, 0.05) is 24.9 Å². The largest absolute Gasteiger partial charge is 0.480 e. The molecule has 0 spiro atoms. The first kappa shape index (κ1) is 16.5. The average Bonchev–Trinajstić information content (AvgIpc) is 2.86. The van der Waals surface area contributed by atoms with Crippen molar-refractivity contribution in [3.8, 4) is 0 Å². The Labute approximate surface area is 121 Å². The summed E-state index contributed by atoms with van der Waals surface area (Å²) in [5.41, 5.74) is 4.96. The fraction of sp³-hybridized carbons (Fsp3) is 0.500. The number of carbonyl (C=O) groups excluding carboxylic acids is 2. The normalized spacial score (nSPS) is 13.2. The molecule has 0 bridgehead atoms. The molecule has 1 rings (SSSR count). The van der Waals surface area contributed by atoms with Crippen molar-refractivity contribution >= 4 is 17.9 Å². The summed E-state index contributed by atoms with van der Waals surface area (Å²) in [6.45, 7) is 2.22. The molecule has 21 heavy (non-hydrogen) atoms. The summed E-state index contributed by atoms with van der Waals surface area (Å²) in [5, 5.41) is 17.9. The summed E-state index contributed by atoms with van der Waals surface area (Å²) < 4.78 is 1.65. The smallest absolute Gasteiger partial charge is 0.326 e. The standard InChI is InChI=1S/C12H19N5O4/c1-8(7-17-6-2-5-14-17)15-12(21)16-9(11(19)20)3-4-10(13)18/h2,5-6,8-9H,3-4,7H2,1H3,(H2,13,18)(H,19,20)(H2,15,16,21). The second kappa shape index (κ2) is 7.88. The van der Waals surface area contributed by atoms with Crippen molar-refractivity contribution in [2.24, 2.45) is 5.73 Å². The minimum atomic E-state index is -1.22. The highest BCUT2D eigenvalue weighted by atomic mass is 16.4. The van der Waals surface area contributed by atoms with Crippen molar-refractivity contribution in [3.63, 3.8) is 0 Å². The molecule has 0 saturated carbocycles. The molecule has 2 unspecified atom stereocenters. The fourth-order valence-corrected chi connectivity index (χ4v) is 1.70. The van der Waals surface area contributed by atoms with Crippen LogP contribution in [0.5, 0.6) is 0 Å². The summed E-state index contributed by atoms with van der Waals surface area (Å²) in [7, 11) is 0. The Bertz CT molecular complexity index is 488. The van der Waals surface area contributed by atoms with Crippen LogP contribution in [-0.4, -0.2) is 44.9 Å². The Balaban J connectivity index is 2.42. The van der Waals surface area contributed by atoms with Crippen LogP contribution in [0.4, 0.5) is 4.79 Å². The SMILES string of the molecule is CC(Cn1cccn1)NC(=O)NC(CCC(N)=O)C(=O)O. The highest BCUT2D eigenvalue weighted by molar-refractivity contribution is 5.83. The number of primary amides is 1. The monoisotopic (exact) mass is 297 g/mol. The lowest BCUT2D eigenvalue weighted by Crippen LogP contribution is -2.49. The van der Waals surface area contributed by atoms with Gasteiger partial charge in [0.05, 0.1) is 6.54 Å². The van der Waals surface area contributed by atoms with Gasteiger partial charge in [-0.1, -0.05) is 0 Å². The van der Waals surface area contributed by atoms with Gasteiger partial charge in [0.2, 0.25) is 5.91 Å². The third kappa shape index (κ3) is 6.41. The zero-order chi connectivity index (χ0) is 15.8. The number of carbonyl (C=O) groups is 3. The van der Waals surface area contributed by atoms with Crippen molar-refractivity contribution < 1.29 is 19.5 Å². The van der Waals surface area contributed by atoms with Gasteiger partial charge in [0.15, 0.2) is 0 Å². The van der Waals surface area contributed by atoms with Gasteiger partial charge in [-0.15, -0.1) is 0 Å². The minimum Gasteiger partial charge on any atom is -0.480 e. The number of carboxylic acids is 1. The molecule has 0 saturated heterocycles. The number of aromatic nitrogens is 2. The lowest BCUT2D eigenvalue weighted by molar-refractivity contribution is -0.139. The highest BCUT2D eigenvalue weighted by Crippen LogP contribution is 1.98. The Hall–Kier alpha value is -2.58. The van der Waals surface area contributed by atoms with Crippen LogP contribution in [0.1, 0.15) is 19.8 Å². The van der Waals surface area contributed by atoms with E-state index in [1.54, 1.807) is 30.1 Å². The Morgan fingerprint density at radius 2 is 2.10 bits per heavy atom. The van der Waals surface area contributed by atoms with Crippen LogP contribution in [0.3, 0.4) is 0 Å². The first-order valence-electron chi connectivity index (χ1n) is 6.44. The first-order chi connectivity index (χ1) is 9.88. The van der Waals surface area contributed by atoms with E-state index in [-0.39, 0.29) is 18.9 Å². The maximum Gasteiger partial charge on any atom is 0.326 e. The van der Waals surface area contributed by atoms with E-state index in [0.29, 0.717) is 6.54 Å². The Kier molecular flexibility index (Phi) is 6.18. The van der Waals surface area contributed by atoms with E-state index < -0.39 is 23.9 Å². The molecule has 5 N–H and O–H groups in total. The van der Waals surface area contributed by atoms with Gasteiger partial charge in [0.25, 0.3) is 0 Å². The highest BCUT2D eigenvalue weighted by Gasteiger charge is 2.21. The van der Waals surface area contributed by atoms with Crippen LogP contribution in [-0.2, 0) is 16.1 Å². The summed E-state index contributed by atoms with van der Waals surface area (Å²) in [5.74, 6) is -1.83. The van der Waals surface area contributed by atoms with Gasteiger partial charge in [0.1, 0.15) is 6.04 Å². The van der Waals surface area contributed by atoms with Crippen molar-refractivity contribution in [2.45, 2.75) is 38.4 Å². The molecule has 1 aromatic heterocycles. The number of rotatable bonds is 8. The molecule has 3 amide bonds. The van der Waals surface area contributed by atoms with Crippen LogP contribution in [0.25, 0.3) is 0 Å². The molecule has 9 nitrogen and oxygen atoms in total. The predicted molar refractivity (Wildman–Crippen MR) is 73.2 cm³/mol. The van der Waals surface area contributed by atoms with Crippen LogP contribution < -0.4 is 16.4 Å². The van der Waals surface area contributed by atoms with E-state index in [1.165, 1.54) is 0 Å². The summed E-state index contributed by atoms with van der Waals surface area (Å²) >= 11 is 0. The van der Waals surface area contributed by atoms with E-state index in [1.807, 2.05) is 0 Å². The Morgan fingerprint density at radius 3 is 2.62 bits per heavy atom. The molecule has 1 aromatic rings. The van der Waals surface area contributed by atoms with Crippen LogP contribution in [0, 0.1) is 0 Å². The molecule has 1 heterocycles. The van der Waals surface area contributed by atoms with E-state index in [9.17, 15) is 14.4 Å². The number of aliphatic carboxylic acids is 1. The summed E-state index contributed by atoms with van der Waals surface area (Å²) in [6, 6.07) is -0.256. The molecular formula is C12H19N5O4. The Morgan fingerprint density at radius 1 is 1.38 bits per heavy atom. The molecule has 2 atom stereocenters. The molecule has 116 valence electrons. The number of nitrogens with zero attached hydrogens (tertiary/aromatic N) is 2. The van der Waals surface area contributed by atoms with E-state index >= 15 is 0 Å². The van der Waals surface area contributed by atoms with Crippen LogP contribution in [0.2, 0.25) is 0 Å². The third-order valence-corrected chi connectivity index (χ3v) is 2.68. The summed E-state index contributed by atoms with van der Waals surface area (Å²) in [6.07, 6.45) is 3.21. The number of carboxylic acid groups (broad SMARTS) is 1. The van der Waals surface area contributed by atoms with Crippen molar-refractivity contribution in [3.05, 3.63) is 18.5 Å². The molecular weight excluding hydrogens is 278 g/mol.